The summed E-state index contributed by atoms with van der Waals surface area (Å²) in [4.78, 5) is 11.7. The van der Waals surface area contributed by atoms with Gasteiger partial charge in [-0.1, -0.05) is 0 Å². The number of nitrogens with two attached hydrogens (primary N) is 1. The van der Waals surface area contributed by atoms with Crippen molar-refractivity contribution in [2.75, 3.05) is 11.1 Å². The molecule has 4 nitrogen and oxygen atoms in total. The molecule has 0 fully saturated rings. The second-order valence-corrected chi connectivity index (χ2v) is 4.87. The Morgan fingerprint density at radius 1 is 1.42 bits per heavy atom. The number of thiophene rings is 1. The molecular formula is C13H10FN3OS. The molecule has 96 valence electrons. The number of Topliss-reactive ketones (excluding diaryl/α,β-unsaturated/α-hetero) is 1. The van der Waals surface area contributed by atoms with Gasteiger partial charge >= 0.3 is 0 Å². The Bertz CT molecular complexity index is 670. The second kappa shape index (κ2) is 5.08. The first kappa shape index (κ1) is 13.1. The van der Waals surface area contributed by atoms with Crippen molar-refractivity contribution in [3.63, 3.8) is 0 Å². The third kappa shape index (κ3) is 2.56. The van der Waals surface area contributed by atoms with Gasteiger partial charge in [0, 0.05) is 12.6 Å². The van der Waals surface area contributed by atoms with Gasteiger partial charge < -0.3 is 11.1 Å². The van der Waals surface area contributed by atoms with Crippen LogP contribution in [0.15, 0.2) is 24.3 Å². The van der Waals surface area contributed by atoms with Crippen LogP contribution in [0.1, 0.15) is 22.2 Å². The summed E-state index contributed by atoms with van der Waals surface area (Å²) >= 11 is 1.12. The lowest BCUT2D eigenvalue weighted by molar-refractivity contribution is 0.102. The Balaban J connectivity index is 2.40. The number of carbonyl (C=O) groups is 1. The number of anilines is 3. The number of nitrogens with one attached hydrogen (secondary N) is 1. The Kier molecular flexibility index (Phi) is 3.49. The van der Waals surface area contributed by atoms with Crippen molar-refractivity contribution in [1.29, 1.82) is 5.26 Å². The van der Waals surface area contributed by atoms with E-state index in [1.807, 2.05) is 6.07 Å². The van der Waals surface area contributed by atoms with Crippen molar-refractivity contribution in [2.24, 2.45) is 0 Å². The molecule has 19 heavy (non-hydrogen) atoms. The van der Waals surface area contributed by atoms with Gasteiger partial charge in [0.25, 0.3) is 0 Å². The highest BCUT2D eigenvalue weighted by Crippen LogP contribution is 2.37. The Morgan fingerprint density at radius 2 is 2.05 bits per heavy atom. The number of hydrogen-bond donors (Lipinski definition) is 2. The van der Waals surface area contributed by atoms with E-state index in [0.29, 0.717) is 15.6 Å². The van der Waals surface area contributed by atoms with Crippen LogP contribution in [-0.4, -0.2) is 5.78 Å². The summed E-state index contributed by atoms with van der Waals surface area (Å²) in [6, 6.07) is 7.66. The van der Waals surface area contributed by atoms with Gasteiger partial charge in [-0.25, -0.2) is 4.39 Å². The van der Waals surface area contributed by atoms with Gasteiger partial charge in [0.2, 0.25) is 0 Å². The molecule has 1 aromatic heterocycles. The molecule has 0 radical (unpaired) electrons. The molecule has 2 rings (SSSR count). The number of nitrogens with zero attached hydrogens (tertiary/aromatic N) is 1. The molecule has 1 heterocycles. The van der Waals surface area contributed by atoms with Gasteiger partial charge in [-0.2, -0.15) is 5.26 Å². The predicted molar refractivity (Wildman–Crippen MR) is 73.1 cm³/mol. The molecule has 0 spiro atoms. The molecule has 0 atom stereocenters. The zero-order valence-electron chi connectivity index (χ0n) is 10.0. The van der Waals surface area contributed by atoms with Crippen molar-refractivity contribution in [3.05, 3.63) is 40.5 Å². The smallest absolute Gasteiger partial charge is 0.171 e. The molecule has 0 saturated heterocycles. The molecule has 0 bridgehead atoms. The average molecular weight is 275 g/mol. The zero-order chi connectivity index (χ0) is 14.0. The molecule has 0 aliphatic heterocycles. The fourth-order valence-electron chi connectivity index (χ4n) is 1.57. The summed E-state index contributed by atoms with van der Waals surface area (Å²) in [5.41, 5.74) is 6.80. The van der Waals surface area contributed by atoms with E-state index < -0.39 is 0 Å². The number of nitrogen functional groups attached to an aromatic ring is 1. The standard InChI is InChI=1S/C13H10FN3OS/c1-7(18)12-11(16)10(6-15)13(19-12)17-9-4-2-8(14)3-5-9/h2-5,17H,16H2,1H3. The van der Waals surface area contributed by atoms with Crippen molar-refractivity contribution in [1.82, 2.24) is 0 Å². The van der Waals surface area contributed by atoms with Gasteiger partial charge in [0.05, 0.1) is 10.6 Å². The van der Waals surface area contributed by atoms with Crippen molar-refractivity contribution < 1.29 is 9.18 Å². The maximum absolute atomic E-state index is 12.8. The molecule has 0 aliphatic carbocycles. The van der Waals surface area contributed by atoms with Crippen LogP contribution in [0, 0.1) is 17.1 Å². The molecule has 0 aliphatic rings. The summed E-state index contributed by atoms with van der Waals surface area (Å²) in [5, 5.41) is 12.5. The summed E-state index contributed by atoms with van der Waals surface area (Å²) in [7, 11) is 0. The molecule has 6 heteroatoms. The van der Waals surface area contributed by atoms with Crippen molar-refractivity contribution >= 4 is 33.5 Å². The fourth-order valence-corrected chi connectivity index (χ4v) is 2.56. The minimum atomic E-state index is -0.346. The first-order valence-electron chi connectivity index (χ1n) is 5.39. The molecule has 0 saturated carbocycles. The van der Waals surface area contributed by atoms with Crippen LogP contribution in [0.5, 0.6) is 0 Å². The van der Waals surface area contributed by atoms with E-state index in [-0.39, 0.29) is 22.9 Å². The molecule has 2 aromatic rings. The molecule has 0 amide bonds. The number of ketones is 1. The normalized spacial score (nSPS) is 9.95. The largest absolute Gasteiger partial charge is 0.396 e. The minimum Gasteiger partial charge on any atom is -0.396 e. The molecular weight excluding hydrogens is 265 g/mol. The fraction of sp³-hybridized carbons (Fsp3) is 0.0769. The number of rotatable bonds is 3. The van der Waals surface area contributed by atoms with Gasteiger partial charge in [0.15, 0.2) is 5.78 Å². The SMILES string of the molecule is CC(=O)c1sc(Nc2ccc(F)cc2)c(C#N)c1N. The third-order valence-corrected chi connectivity index (χ3v) is 3.70. The van der Waals surface area contributed by atoms with Gasteiger partial charge in [-0.3, -0.25) is 4.79 Å². The van der Waals surface area contributed by atoms with E-state index in [2.05, 4.69) is 5.32 Å². The summed E-state index contributed by atoms with van der Waals surface area (Å²) < 4.78 is 12.8. The van der Waals surface area contributed by atoms with Crippen LogP contribution in [-0.2, 0) is 0 Å². The lowest BCUT2D eigenvalue weighted by Crippen LogP contribution is -1.96. The highest BCUT2D eigenvalue weighted by Gasteiger charge is 2.18. The first-order valence-corrected chi connectivity index (χ1v) is 6.20. The lowest BCUT2D eigenvalue weighted by atomic mass is 10.2. The highest BCUT2D eigenvalue weighted by molar-refractivity contribution is 7.19. The maximum atomic E-state index is 12.8. The Morgan fingerprint density at radius 3 is 2.58 bits per heavy atom. The summed E-state index contributed by atoms with van der Waals surface area (Å²) in [6.07, 6.45) is 0. The maximum Gasteiger partial charge on any atom is 0.171 e. The van der Waals surface area contributed by atoms with E-state index in [0.717, 1.165) is 11.3 Å². The number of nitriles is 1. The van der Waals surface area contributed by atoms with Crippen LogP contribution in [0.25, 0.3) is 0 Å². The van der Waals surface area contributed by atoms with Crippen LogP contribution in [0.2, 0.25) is 0 Å². The lowest BCUT2D eigenvalue weighted by Gasteiger charge is -2.03. The van der Waals surface area contributed by atoms with E-state index in [1.165, 1.54) is 19.1 Å². The van der Waals surface area contributed by atoms with E-state index in [1.54, 1.807) is 12.1 Å². The minimum absolute atomic E-state index is 0.185. The second-order valence-electron chi connectivity index (χ2n) is 3.85. The molecule has 3 N–H and O–H groups in total. The van der Waals surface area contributed by atoms with E-state index in [9.17, 15) is 9.18 Å². The van der Waals surface area contributed by atoms with E-state index >= 15 is 0 Å². The molecule has 0 unspecified atom stereocenters. The topological polar surface area (TPSA) is 78.9 Å². The van der Waals surface area contributed by atoms with Crippen molar-refractivity contribution in [2.45, 2.75) is 6.92 Å². The van der Waals surface area contributed by atoms with Gasteiger partial charge in [0.1, 0.15) is 22.5 Å². The molecule has 1 aromatic carbocycles. The van der Waals surface area contributed by atoms with Gasteiger partial charge in [-0.05, 0) is 24.3 Å². The van der Waals surface area contributed by atoms with Crippen LogP contribution in [0.4, 0.5) is 20.8 Å². The van der Waals surface area contributed by atoms with Gasteiger partial charge in [-0.15, -0.1) is 11.3 Å². The summed E-state index contributed by atoms with van der Waals surface area (Å²) in [6.45, 7) is 1.39. The number of halogens is 1. The van der Waals surface area contributed by atoms with Crippen LogP contribution >= 0.6 is 11.3 Å². The number of benzene rings is 1. The quantitative estimate of drug-likeness (QED) is 0.842. The zero-order valence-corrected chi connectivity index (χ0v) is 10.8. The predicted octanol–water partition coefficient (Wildman–Crippen LogP) is 3.29. The monoisotopic (exact) mass is 275 g/mol. The van der Waals surface area contributed by atoms with Crippen LogP contribution < -0.4 is 11.1 Å². The average Bonchev–Trinajstić information content (AvgIpc) is 2.68. The Hall–Kier alpha value is -2.39. The highest BCUT2D eigenvalue weighted by atomic mass is 32.1. The first-order chi connectivity index (χ1) is 9.02. The van der Waals surface area contributed by atoms with Crippen LogP contribution in [0.3, 0.4) is 0 Å². The number of carbonyl (C=O) groups excluding carboxylic acids is 1. The summed E-state index contributed by atoms with van der Waals surface area (Å²) in [5.74, 6) is -0.535. The Labute approximate surface area is 113 Å². The van der Waals surface area contributed by atoms with Crippen molar-refractivity contribution in [3.8, 4) is 6.07 Å². The third-order valence-electron chi connectivity index (χ3n) is 2.48. The number of hydrogen-bond acceptors (Lipinski definition) is 5. The van der Waals surface area contributed by atoms with E-state index in [4.69, 9.17) is 11.0 Å².